The minimum absolute atomic E-state index is 0.373. The summed E-state index contributed by atoms with van der Waals surface area (Å²) in [6.45, 7) is 5.55. The Kier molecular flexibility index (Phi) is 4.51. The van der Waals surface area contributed by atoms with Crippen molar-refractivity contribution in [1.82, 2.24) is 0 Å². The predicted octanol–water partition coefficient (Wildman–Crippen LogP) is 4.60. The first-order chi connectivity index (χ1) is 9.68. The number of carbonyl (C=O) groups is 1. The maximum absolute atomic E-state index is 12.1. The molecule has 0 aliphatic carbocycles. The molecule has 0 unspecified atom stereocenters. The van der Waals surface area contributed by atoms with E-state index in [0.717, 1.165) is 16.7 Å². The van der Waals surface area contributed by atoms with Crippen LogP contribution in [-0.2, 0) is 4.74 Å². The Morgan fingerprint density at radius 3 is 2.40 bits per heavy atom. The van der Waals surface area contributed by atoms with Crippen LogP contribution in [0, 0.1) is 0 Å². The molecule has 2 aromatic rings. The van der Waals surface area contributed by atoms with Gasteiger partial charge in [0, 0.05) is 0 Å². The van der Waals surface area contributed by atoms with Gasteiger partial charge in [0.1, 0.15) is 0 Å². The number of hydrogen-bond acceptors (Lipinski definition) is 2. The molecule has 2 heteroatoms. The quantitative estimate of drug-likeness (QED) is 0.458. The summed E-state index contributed by atoms with van der Waals surface area (Å²) in [4.78, 5) is 12.1. The zero-order chi connectivity index (χ0) is 14.4. The van der Waals surface area contributed by atoms with Crippen molar-refractivity contribution in [2.45, 2.75) is 6.92 Å². The molecule has 0 saturated carbocycles. The van der Waals surface area contributed by atoms with Crippen LogP contribution in [-0.4, -0.2) is 5.97 Å². The highest BCUT2D eigenvalue weighted by atomic mass is 16.5. The zero-order valence-corrected chi connectivity index (χ0v) is 11.4. The topological polar surface area (TPSA) is 26.3 Å². The molecule has 0 radical (unpaired) electrons. The van der Waals surface area contributed by atoms with E-state index in [0.29, 0.717) is 5.56 Å². The molecule has 0 amide bonds. The number of benzene rings is 2. The molecule has 0 bridgehead atoms. The first kappa shape index (κ1) is 13.8. The van der Waals surface area contributed by atoms with Crippen LogP contribution >= 0.6 is 0 Å². The van der Waals surface area contributed by atoms with Crippen LogP contribution in [0.5, 0.6) is 0 Å². The Morgan fingerprint density at radius 1 is 1.05 bits per heavy atom. The molecular weight excluding hydrogens is 248 g/mol. The van der Waals surface area contributed by atoms with Crippen LogP contribution in [0.15, 0.2) is 79.1 Å². The lowest BCUT2D eigenvalue weighted by molar-refractivity contribution is 0.0664. The number of carbonyl (C=O) groups excluding carboxylic acids is 1. The molecule has 0 spiro atoms. The molecule has 0 atom stereocenters. The fourth-order valence-electron chi connectivity index (χ4n) is 1.81. The van der Waals surface area contributed by atoms with Crippen molar-refractivity contribution in [3.8, 4) is 11.1 Å². The van der Waals surface area contributed by atoms with Crippen molar-refractivity contribution in [2.24, 2.45) is 0 Å². The molecule has 2 aromatic carbocycles. The SMILES string of the molecule is C=C(C)/C=C\OC(=O)c1ccccc1-c1ccccc1. The van der Waals surface area contributed by atoms with Crippen molar-refractivity contribution in [2.75, 3.05) is 0 Å². The lowest BCUT2D eigenvalue weighted by atomic mass is 10.00. The Balaban J connectivity index is 2.29. The van der Waals surface area contributed by atoms with E-state index >= 15 is 0 Å². The average Bonchev–Trinajstić information content (AvgIpc) is 2.47. The summed E-state index contributed by atoms with van der Waals surface area (Å²) >= 11 is 0. The van der Waals surface area contributed by atoms with Gasteiger partial charge < -0.3 is 4.74 Å². The number of ether oxygens (including phenoxy) is 1. The number of hydrogen-bond donors (Lipinski definition) is 0. The zero-order valence-electron chi connectivity index (χ0n) is 11.4. The maximum atomic E-state index is 12.1. The summed E-state index contributed by atoms with van der Waals surface area (Å²) in [5, 5.41) is 0. The van der Waals surface area contributed by atoms with Gasteiger partial charge in [0.15, 0.2) is 0 Å². The van der Waals surface area contributed by atoms with Gasteiger partial charge in [0.2, 0.25) is 0 Å². The van der Waals surface area contributed by atoms with Crippen molar-refractivity contribution in [1.29, 1.82) is 0 Å². The van der Waals surface area contributed by atoms with Crippen LogP contribution in [0.4, 0.5) is 0 Å². The van der Waals surface area contributed by atoms with Gasteiger partial charge in [-0.2, -0.15) is 0 Å². The first-order valence-electron chi connectivity index (χ1n) is 6.36. The third kappa shape index (κ3) is 3.45. The van der Waals surface area contributed by atoms with E-state index in [1.165, 1.54) is 6.26 Å². The molecule has 0 fully saturated rings. The molecule has 0 aliphatic heterocycles. The lowest BCUT2D eigenvalue weighted by Crippen LogP contribution is -2.02. The van der Waals surface area contributed by atoms with Crippen LogP contribution < -0.4 is 0 Å². The van der Waals surface area contributed by atoms with E-state index in [1.807, 2.05) is 55.5 Å². The lowest BCUT2D eigenvalue weighted by Gasteiger charge is -2.07. The second-order valence-electron chi connectivity index (χ2n) is 4.47. The Morgan fingerprint density at radius 2 is 1.70 bits per heavy atom. The van der Waals surface area contributed by atoms with Gasteiger partial charge in [-0.1, -0.05) is 60.7 Å². The summed E-state index contributed by atoms with van der Waals surface area (Å²) in [7, 11) is 0. The van der Waals surface area contributed by atoms with Crippen LogP contribution in [0.3, 0.4) is 0 Å². The molecule has 20 heavy (non-hydrogen) atoms. The van der Waals surface area contributed by atoms with E-state index in [4.69, 9.17) is 4.74 Å². The van der Waals surface area contributed by atoms with Gasteiger partial charge in [0.05, 0.1) is 11.8 Å². The number of allylic oxidation sites excluding steroid dienone is 2. The summed E-state index contributed by atoms with van der Waals surface area (Å²) in [5.74, 6) is -0.373. The highest BCUT2D eigenvalue weighted by Crippen LogP contribution is 2.24. The van der Waals surface area contributed by atoms with Crippen molar-refractivity contribution >= 4 is 5.97 Å². The third-order valence-electron chi connectivity index (χ3n) is 2.76. The largest absolute Gasteiger partial charge is 0.431 e. The summed E-state index contributed by atoms with van der Waals surface area (Å²) in [6, 6.07) is 17.2. The summed E-state index contributed by atoms with van der Waals surface area (Å²) in [5.41, 5.74) is 3.23. The molecule has 0 N–H and O–H groups in total. The normalized spacial score (nSPS) is 10.4. The highest BCUT2D eigenvalue weighted by molar-refractivity contribution is 5.97. The highest BCUT2D eigenvalue weighted by Gasteiger charge is 2.12. The fraction of sp³-hybridized carbons (Fsp3) is 0.0556. The van der Waals surface area contributed by atoms with Crippen molar-refractivity contribution in [3.05, 3.63) is 84.7 Å². The summed E-state index contributed by atoms with van der Waals surface area (Å²) in [6.07, 6.45) is 3.02. The monoisotopic (exact) mass is 264 g/mol. The molecule has 2 nitrogen and oxygen atoms in total. The Hall–Kier alpha value is -2.61. The van der Waals surface area contributed by atoms with E-state index in [9.17, 15) is 4.79 Å². The average molecular weight is 264 g/mol. The Labute approximate surface area is 119 Å². The minimum atomic E-state index is -0.373. The molecule has 2 rings (SSSR count). The van der Waals surface area contributed by atoms with Crippen molar-refractivity contribution < 1.29 is 9.53 Å². The molecule has 100 valence electrons. The summed E-state index contributed by atoms with van der Waals surface area (Å²) < 4.78 is 5.12. The molecular formula is C18H16O2. The van der Waals surface area contributed by atoms with E-state index in [-0.39, 0.29) is 5.97 Å². The standard InChI is InChI=1S/C18H16O2/c1-14(2)12-13-20-18(19)17-11-7-6-10-16(17)15-8-4-3-5-9-15/h3-13H,1H2,2H3/b13-12-. The van der Waals surface area contributed by atoms with Crippen LogP contribution in [0.25, 0.3) is 11.1 Å². The maximum Gasteiger partial charge on any atom is 0.343 e. The molecule has 0 aromatic heterocycles. The number of esters is 1. The second-order valence-corrected chi connectivity index (χ2v) is 4.47. The first-order valence-corrected chi connectivity index (χ1v) is 6.36. The molecule has 0 heterocycles. The van der Waals surface area contributed by atoms with E-state index in [1.54, 1.807) is 12.1 Å². The van der Waals surface area contributed by atoms with Gasteiger partial charge in [-0.15, -0.1) is 0 Å². The van der Waals surface area contributed by atoms with E-state index < -0.39 is 0 Å². The molecule has 0 saturated heterocycles. The van der Waals surface area contributed by atoms with Crippen molar-refractivity contribution in [3.63, 3.8) is 0 Å². The van der Waals surface area contributed by atoms with Crippen LogP contribution in [0.2, 0.25) is 0 Å². The fourth-order valence-corrected chi connectivity index (χ4v) is 1.81. The third-order valence-corrected chi connectivity index (χ3v) is 2.76. The minimum Gasteiger partial charge on any atom is -0.431 e. The van der Waals surface area contributed by atoms with Gasteiger partial charge >= 0.3 is 5.97 Å². The van der Waals surface area contributed by atoms with E-state index in [2.05, 4.69) is 6.58 Å². The van der Waals surface area contributed by atoms with Gasteiger partial charge in [-0.25, -0.2) is 4.79 Å². The van der Waals surface area contributed by atoms with Gasteiger partial charge in [-0.05, 0) is 30.2 Å². The smallest absolute Gasteiger partial charge is 0.343 e. The Bertz CT molecular complexity index is 639. The predicted molar refractivity (Wildman–Crippen MR) is 81.2 cm³/mol. The van der Waals surface area contributed by atoms with Gasteiger partial charge in [0.25, 0.3) is 0 Å². The molecule has 0 aliphatic rings. The number of rotatable bonds is 4. The van der Waals surface area contributed by atoms with Crippen LogP contribution in [0.1, 0.15) is 17.3 Å². The second kappa shape index (κ2) is 6.53. The van der Waals surface area contributed by atoms with Gasteiger partial charge in [-0.3, -0.25) is 0 Å².